The van der Waals surface area contributed by atoms with Gasteiger partial charge in [0.2, 0.25) is 5.91 Å². The molecule has 0 radical (unpaired) electrons. The lowest BCUT2D eigenvalue weighted by Crippen LogP contribution is -2.26. The molecule has 0 unspecified atom stereocenters. The van der Waals surface area contributed by atoms with Crippen LogP contribution in [-0.2, 0) is 11.2 Å². The molecule has 2 heterocycles. The number of halogens is 1. The molecule has 0 fully saturated rings. The summed E-state index contributed by atoms with van der Waals surface area (Å²) in [6, 6.07) is 0. The molecule has 0 aromatic carbocycles. The zero-order valence-electron chi connectivity index (χ0n) is 8.67. The summed E-state index contributed by atoms with van der Waals surface area (Å²) in [5.74, 6) is 0.653. The van der Waals surface area contributed by atoms with E-state index in [1.807, 2.05) is 6.92 Å². The highest BCUT2D eigenvalue weighted by Gasteiger charge is 2.27. The molecule has 0 saturated carbocycles. The summed E-state index contributed by atoms with van der Waals surface area (Å²) < 4.78 is 0. The fourth-order valence-electron chi connectivity index (χ4n) is 1.86. The van der Waals surface area contributed by atoms with Crippen molar-refractivity contribution in [1.29, 1.82) is 0 Å². The van der Waals surface area contributed by atoms with Crippen LogP contribution < -0.4 is 10.6 Å². The number of rotatable bonds is 0. The first-order valence-corrected chi connectivity index (χ1v) is 5.12. The van der Waals surface area contributed by atoms with Crippen LogP contribution in [0.1, 0.15) is 18.1 Å². The number of hydrogen-bond acceptors (Lipinski definition) is 3. The predicted molar refractivity (Wildman–Crippen MR) is 60.1 cm³/mol. The number of amides is 1. The van der Waals surface area contributed by atoms with Gasteiger partial charge in [0.05, 0.1) is 5.69 Å². The Balaban J connectivity index is 2.60. The van der Waals surface area contributed by atoms with Gasteiger partial charge < -0.3 is 5.73 Å². The van der Waals surface area contributed by atoms with E-state index in [4.69, 9.17) is 17.3 Å². The maximum absolute atomic E-state index is 11.3. The Labute approximate surface area is 93.0 Å². The average Bonchev–Trinajstić information content (AvgIpc) is 2.58. The van der Waals surface area contributed by atoms with Crippen molar-refractivity contribution in [2.24, 2.45) is 0 Å². The third kappa shape index (κ3) is 1.45. The fraction of sp³-hybridized carbons (Fsp3) is 0.400. The van der Waals surface area contributed by atoms with Crippen molar-refractivity contribution < 1.29 is 4.79 Å². The summed E-state index contributed by atoms with van der Waals surface area (Å²) >= 11 is 5.89. The van der Waals surface area contributed by atoms with E-state index in [-0.39, 0.29) is 11.1 Å². The van der Waals surface area contributed by atoms with Crippen LogP contribution in [0.3, 0.4) is 0 Å². The first-order valence-electron chi connectivity index (χ1n) is 4.75. The molecule has 80 valence electrons. The number of hydrogen-bond donors (Lipinski definition) is 1. The first kappa shape index (κ1) is 10.2. The Bertz CT molecular complexity index is 445. The average molecular weight is 226 g/mol. The number of carbonyl (C=O) groups is 1. The minimum absolute atomic E-state index is 0.0125. The second-order valence-corrected chi connectivity index (χ2v) is 4.02. The molecule has 5 heteroatoms. The summed E-state index contributed by atoms with van der Waals surface area (Å²) in [4.78, 5) is 17.1. The van der Waals surface area contributed by atoms with Gasteiger partial charge in [-0.25, -0.2) is 4.98 Å². The number of pyridine rings is 1. The van der Waals surface area contributed by atoms with E-state index in [9.17, 15) is 4.79 Å². The lowest BCUT2D eigenvalue weighted by atomic mass is 10.1. The van der Waals surface area contributed by atoms with E-state index < -0.39 is 0 Å². The molecule has 2 N–H and O–H groups in total. The van der Waals surface area contributed by atoms with Crippen molar-refractivity contribution in [2.45, 2.75) is 20.3 Å². The van der Waals surface area contributed by atoms with Gasteiger partial charge in [-0.05, 0) is 18.9 Å². The highest BCUT2D eigenvalue weighted by Crippen LogP contribution is 2.34. The Morgan fingerprint density at radius 1 is 1.60 bits per heavy atom. The molecule has 1 aliphatic rings. The van der Waals surface area contributed by atoms with Crippen LogP contribution in [0.5, 0.6) is 0 Å². The molecule has 2 rings (SSSR count). The predicted octanol–water partition coefficient (Wildman–Crippen LogP) is 1.53. The molecule has 1 aliphatic heterocycles. The van der Waals surface area contributed by atoms with Crippen LogP contribution in [0, 0.1) is 6.92 Å². The zero-order chi connectivity index (χ0) is 11.2. The smallest absolute Gasteiger partial charge is 0.225 e. The highest BCUT2D eigenvalue weighted by molar-refractivity contribution is 6.32. The van der Waals surface area contributed by atoms with Gasteiger partial charge >= 0.3 is 0 Å². The van der Waals surface area contributed by atoms with Crippen molar-refractivity contribution >= 4 is 29.0 Å². The minimum atomic E-state index is -0.0125. The van der Waals surface area contributed by atoms with E-state index >= 15 is 0 Å². The molecule has 0 saturated heterocycles. The topological polar surface area (TPSA) is 59.2 Å². The van der Waals surface area contributed by atoms with Gasteiger partial charge in [0.1, 0.15) is 5.82 Å². The maximum Gasteiger partial charge on any atom is 0.225 e. The Morgan fingerprint density at radius 2 is 2.27 bits per heavy atom. The van der Waals surface area contributed by atoms with Crippen molar-refractivity contribution in [3.05, 3.63) is 16.3 Å². The van der Waals surface area contributed by atoms with Crippen molar-refractivity contribution in [3.63, 3.8) is 0 Å². The van der Waals surface area contributed by atoms with Gasteiger partial charge in [-0.1, -0.05) is 11.6 Å². The second kappa shape index (κ2) is 3.38. The van der Waals surface area contributed by atoms with Crippen LogP contribution in [0.15, 0.2) is 0 Å². The van der Waals surface area contributed by atoms with Gasteiger partial charge in [-0.2, -0.15) is 0 Å². The summed E-state index contributed by atoms with van der Waals surface area (Å²) in [5.41, 5.74) is 8.27. The molecule has 0 bridgehead atoms. The molecular formula is C10H12ClN3O. The van der Waals surface area contributed by atoms with Crippen molar-refractivity contribution in [3.8, 4) is 0 Å². The lowest BCUT2D eigenvalue weighted by molar-refractivity contribution is -0.116. The number of nitrogens with two attached hydrogens (primary N) is 1. The van der Waals surface area contributed by atoms with Crippen LogP contribution in [-0.4, -0.2) is 17.4 Å². The van der Waals surface area contributed by atoms with Gasteiger partial charge in [0.15, 0.2) is 5.15 Å². The van der Waals surface area contributed by atoms with Crippen LogP contribution in [0.2, 0.25) is 5.15 Å². The van der Waals surface area contributed by atoms with Gasteiger partial charge in [0, 0.05) is 19.0 Å². The normalized spacial score (nSPS) is 14.2. The van der Waals surface area contributed by atoms with Gasteiger partial charge in [-0.15, -0.1) is 0 Å². The summed E-state index contributed by atoms with van der Waals surface area (Å²) in [5, 5.41) is 0.277. The number of fused-ring (bicyclic) bond motifs is 1. The molecule has 1 aromatic heterocycles. The van der Waals surface area contributed by atoms with Crippen LogP contribution in [0.25, 0.3) is 0 Å². The van der Waals surface area contributed by atoms with E-state index in [1.54, 1.807) is 4.90 Å². The number of carbonyl (C=O) groups excluding carboxylic acids is 1. The first-order chi connectivity index (χ1) is 7.02. The number of nitrogen functional groups attached to an aromatic ring is 1. The number of aromatic nitrogens is 1. The Morgan fingerprint density at radius 3 is 2.87 bits per heavy atom. The molecule has 1 amide bonds. The summed E-state index contributed by atoms with van der Waals surface area (Å²) in [6.45, 7) is 4.10. The molecule has 0 atom stereocenters. The van der Waals surface area contributed by atoms with E-state index in [1.165, 1.54) is 6.92 Å². The van der Waals surface area contributed by atoms with Crippen LogP contribution >= 0.6 is 11.6 Å². The Kier molecular flexibility index (Phi) is 2.31. The summed E-state index contributed by atoms with van der Waals surface area (Å²) in [6.07, 6.45) is 0.801. The van der Waals surface area contributed by atoms with Crippen molar-refractivity contribution in [2.75, 3.05) is 17.2 Å². The van der Waals surface area contributed by atoms with Gasteiger partial charge in [0.25, 0.3) is 0 Å². The molecular weight excluding hydrogens is 214 g/mol. The summed E-state index contributed by atoms with van der Waals surface area (Å²) in [7, 11) is 0. The molecule has 15 heavy (non-hydrogen) atoms. The van der Waals surface area contributed by atoms with Crippen LogP contribution in [0.4, 0.5) is 11.5 Å². The van der Waals surface area contributed by atoms with E-state index in [2.05, 4.69) is 4.98 Å². The highest BCUT2D eigenvalue weighted by atomic mass is 35.5. The molecule has 4 nitrogen and oxygen atoms in total. The Hall–Kier alpha value is -1.29. The standard InChI is InChI=1S/C10H12ClN3O/c1-5-7-3-4-14(6(2)15)10(7)13-9(11)8(5)12/h3-4,12H2,1-2H3. The third-order valence-electron chi connectivity index (χ3n) is 2.77. The quantitative estimate of drug-likeness (QED) is 0.682. The van der Waals surface area contributed by atoms with E-state index in [0.717, 1.165) is 17.5 Å². The van der Waals surface area contributed by atoms with E-state index in [0.29, 0.717) is 18.1 Å². The number of anilines is 2. The molecule has 0 aliphatic carbocycles. The molecule has 1 aromatic rings. The van der Waals surface area contributed by atoms with Gasteiger partial charge in [-0.3, -0.25) is 9.69 Å². The second-order valence-electron chi connectivity index (χ2n) is 3.66. The SMILES string of the molecule is CC(=O)N1CCc2c1nc(Cl)c(N)c2C. The fourth-order valence-corrected chi connectivity index (χ4v) is 2.09. The monoisotopic (exact) mass is 225 g/mol. The number of nitrogens with zero attached hydrogens (tertiary/aromatic N) is 2. The zero-order valence-corrected chi connectivity index (χ0v) is 9.43. The molecule has 0 spiro atoms. The maximum atomic E-state index is 11.3. The minimum Gasteiger partial charge on any atom is -0.396 e. The lowest BCUT2D eigenvalue weighted by Gasteiger charge is -2.15. The third-order valence-corrected chi connectivity index (χ3v) is 3.06. The van der Waals surface area contributed by atoms with Crippen molar-refractivity contribution in [1.82, 2.24) is 4.98 Å². The largest absolute Gasteiger partial charge is 0.396 e.